The van der Waals surface area contributed by atoms with E-state index in [9.17, 15) is 0 Å². The molecule has 0 saturated heterocycles. The van der Waals surface area contributed by atoms with Gasteiger partial charge in [-0.25, -0.2) is 0 Å². The van der Waals surface area contributed by atoms with Crippen LogP contribution in [0, 0.1) is 5.41 Å². The van der Waals surface area contributed by atoms with E-state index in [1.165, 1.54) is 6.42 Å². The maximum atomic E-state index is 2.46. The van der Waals surface area contributed by atoms with E-state index < -0.39 is 22.9 Å². The molecule has 0 radical (unpaired) electrons. The summed E-state index contributed by atoms with van der Waals surface area (Å²) < 4.78 is 2.29. The van der Waals surface area contributed by atoms with Crippen LogP contribution >= 0.6 is 0 Å². The van der Waals surface area contributed by atoms with E-state index in [0.29, 0.717) is 8.59 Å². The van der Waals surface area contributed by atoms with Gasteiger partial charge < -0.3 is 24.8 Å². The van der Waals surface area contributed by atoms with Crippen LogP contribution in [0.25, 0.3) is 0 Å². The van der Waals surface area contributed by atoms with Gasteiger partial charge in [0.25, 0.3) is 0 Å². The zero-order valence-corrected chi connectivity index (χ0v) is 22.1. The van der Waals surface area contributed by atoms with E-state index in [0.717, 1.165) is 0 Å². The first-order valence-corrected chi connectivity index (χ1v) is 12.2. The van der Waals surface area contributed by atoms with Gasteiger partial charge in [0.1, 0.15) is 0 Å². The fourth-order valence-corrected chi connectivity index (χ4v) is 12.4. The van der Waals surface area contributed by atoms with Crippen LogP contribution in [0.5, 0.6) is 0 Å². The summed E-state index contributed by atoms with van der Waals surface area (Å²) in [6, 6.07) is 0. The third kappa shape index (κ3) is 3.23. The van der Waals surface area contributed by atoms with Crippen molar-refractivity contribution in [3.8, 4) is 0 Å². The molecular weight excluding hydrogens is 502 g/mol. The molecule has 0 atom stereocenters. The van der Waals surface area contributed by atoms with Gasteiger partial charge in [0.2, 0.25) is 0 Å². The topological polar surface area (TPSA) is 0 Å². The molecule has 0 fully saturated rings. The molecule has 0 unspecified atom stereocenters. The van der Waals surface area contributed by atoms with Crippen molar-refractivity contribution in [2.24, 2.45) is 5.41 Å². The summed E-state index contributed by atoms with van der Waals surface area (Å²) in [5.74, 6) is 0. The standard InChI is InChI=1S/C11H17.C10H15.2ClH.Hf/c1-6-11-9(4)7(2)8(3)10(11)5;1-7-6-10(4,5)9(3)8(7)2;;;/h6H2,1-5H3;1-5H3;2*1H;/q;;;;+2/p-2. The normalized spacial score (nSPS) is 21.9. The van der Waals surface area contributed by atoms with Gasteiger partial charge in [-0.15, -0.1) is 0 Å². The number of hydrogen-bond donors (Lipinski definition) is 0. The Hall–Kier alpha value is 0.410. The van der Waals surface area contributed by atoms with Crippen molar-refractivity contribution in [3.05, 3.63) is 42.3 Å². The molecule has 0 saturated carbocycles. The molecule has 2 rings (SSSR count). The molecule has 0 spiro atoms. The number of hydrogen-bond acceptors (Lipinski definition) is 0. The molecule has 2 aliphatic rings. The summed E-state index contributed by atoms with van der Waals surface area (Å²) in [5, 5.41) is 0. The number of allylic oxidation sites excluding steroid dienone is 8. The van der Waals surface area contributed by atoms with E-state index in [1.807, 2.05) is 3.33 Å². The minimum atomic E-state index is -1.03. The van der Waals surface area contributed by atoms with Gasteiger partial charge in [-0.2, -0.15) is 0 Å². The zero-order chi connectivity index (χ0) is 17.0. The molecule has 0 heterocycles. The first kappa shape index (κ1) is 24.4. The van der Waals surface area contributed by atoms with Crippen molar-refractivity contribution in [1.82, 2.24) is 0 Å². The van der Waals surface area contributed by atoms with Crippen LogP contribution < -0.4 is 24.8 Å². The summed E-state index contributed by atoms with van der Waals surface area (Å²) in [6.07, 6.45) is 1.29. The van der Waals surface area contributed by atoms with Crippen molar-refractivity contribution in [2.45, 2.75) is 78.8 Å². The summed E-state index contributed by atoms with van der Waals surface area (Å²) in [6.45, 7) is 23.9. The van der Waals surface area contributed by atoms with Crippen molar-refractivity contribution in [1.29, 1.82) is 0 Å². The Kier molecular flexibility index (Phi) is 8.11. The maximum absolute atomic E-state index is 2.46. The third-order valence-electron chi connectivity index (χ3n) is 6.90. The predicted octanol–water partition coefficient (Wildman–Crippen LogP) is 0.982. The van der Waals surface area contributed by atoms with E-state index in [-0.39, 0.29) is 24.8 Å². The van der Waals surface area contributed by atoms with Crippen molar-refractivity contribution in [3.63, 3.8) is 0 Å². The van der Waals surface area contributed by atoms with Crippen molar-refractivity contribution < 1.29 is 47.7 Å². The fraction of sp³-hybridized carbons (Fsp3) is 0.619. The zero-order valence-electron chi connectivity index (χ0n) is 17.0. The summed E-state index contributed by atoms with van der Waals surface area (Å²) >= 11 is -1.03. The SMILES string of the molecule is CC[C]1([Hf+2][C]2=C(C)C(C)=C(C)C2(C)C)C(C)=C(C)C(C)=C1C.[Cl-].[Cl-]. The molecule has 0 aromatic rings. The molecule has 0 N–H and O–H groups in total. The Labute approximate surface area is 173 Å². The molecule has 3 heteroatoms. The second-order valence-corrected chi connectivity index (χ2v) is 13.5. The van der Waals surface area contributed by atoms with Gasteiger partial charge >= 0.3 is 149 Å². The monoisotopic (exact) mass is 534 g/mol. The second-order valence-electron chi connectivity index (χ2n) is 7.76. The molecule has 0 nitrogen and oxygen atoms in total. The molecule has 0 bridgehead atoms. The quantitative estimate of drug-likeness (QED) is 0.475. The van der Waals surface area contributed by atoms with Crippen LogP contribution in [0.1, 0.15) is 75.7 Å². The largest absolute Gasteiger partial charge is 1.00 e. The van der Waals surface area contributed by atoms with E-state index in [4.69, 9.17) is 0 Å². The van der Waals surface area contributed by atoms with Gasteiger partial charge in [-0.05, 0) is 0 Å². The van der Waals surface area contributed by atoms with E-state index in [2.05, 4.69) is 69.2 Å². The summed E-state index contributed by atoms with van der Waals surface area (Å²) in [7, 11) is 0. The number of halogens is 2. The third-order valence-corrected chi connectivity index (χ3v) is 16.9. The average molecular weight is 534 g/mol. The Morgan fingerprint density at radius 1 is 0.667 bits per heavy atom. The molecule has 0 amide bonds. The van der Waals surface area contributed by atoms with Gasteiger partial charge in [0, 0.05) is 0 Å². The first-order valence-electron chi connectivity index (χ1n) is 8.56. The molecular formula is C21H32Cl2Hf. The van der Waals surface area contributed by atoms with Crippen LogP contribution in [0.3, 0.4) is 0 Å². The molecule has 0 aliphatic heterocycles. The van der Waals surface area contributed by atoms with Gasteiger partial charge in [0.15, 0.2) is 0 Å². The van der Waals surface area contributed by atoms with Crippen LogP contribution in [-0.4, -0.2) is 0 Å². The smallest absolute Gasteiger partial charge is 1.00 e. The molecule has 134 valence electrons. The predicted molar refractivity (Wildman–Crippen MR) is 94.6 cm³/mol. The Bertz CT molecular complexity index is 633. The molecule has 0 aromatic carbocycles. The van der Waals surface area contributed by atoms with E-state index in [1.54, 1.807) is 39.0 Å². The molecule has 0 aromatic heterocycles. The fourth-order valence-electron chi connectivity index (χ4n) is 4.35. The second kappa shape index (κ2) is 7.97. The van der Waals surface area contributed by atoms with Crippen LogP contribution in [0.2, 0.25) is 3.17 Å². The maximum Gasteiger partial charge on any atom is -1.00 e. The van der Waals surface area contributed by atoms with Crippen LogP contribution in [0.4, 0.5) is 0 Å². The minimum absolute atomic E-state index is 0. The van der Waals surface area contributed by atoms with Crippen molar-refractivity contribution in [2.75, 3.05) is 0 Å². The Morgan fingerprint density at radius 2 is 1.04 bits per heavy atom. The van der Waals surface area contributed by atoms with Crippen molar-refractivity contribution >= 4 is 0 Å². The average Bonchev–Trinajstić information content (AvgIpc) is 2.73. The van der Waals surface area contributed by atoms with Gasteiger partial charge in [-0.3, -0.25) is 0 Å². The number of rotatable bonds is 3. The Morgan fingerprint density at radius 3 is 1.33 bits per heavy atom. The van der Waals surface area contributed by atoms with Gasteiger partial charge in [0.05, 0.1) is 0 Å². The van der Waals surface area contributed by atoms with Crippen LogP contribution in [0.15, 0.2) is 42.3 Å². The molecule has 2 aliphatic carbocycles. The van der Waals surface area contributed by atoms with Gasteiger partial charge in [-0.1, -0.05) is 0 Å². The minimum Gasteiger partial charge on any atom is -1.00 e. The van der Waals surface area contributed by atoms with E-state index >= 15 is 0 Å². The summed E-state index contributed by atoms with van der Waals surface area (Å²) in [5.41, 5.74) is 11.6. The first-order chi connectivity index (χ1) is 10.0. The Balaban J connectivity index is 0.00000264. The van der Waals surface area contributed by atoms with Crippen LogP contribution in [-0.2, 0) is 22.9 Å². The molecule has 24 heavy (non-hydrogen) atoms. The summed E-state index contributed by atoms with van der Waals surface area (Å²) in [4.78, 5) is 0.